The fourth-order valence-corrected chi connectivity index (χ4v) is 5.87. The number of amides is 1. The molecule has 4 aliphatic rings. The molecule has 4 fully saturated rings. The number of alkyl halides is 1. The Morgan fingerprint density at radius 2 is 2.05 bits per heavy atom. The second-order valence-electron chi connectivity index (χ2n) is 11.7. The van der Waals surface area contributed by atoms with Gasteiger partial charge in [-0.3, -0.25) is 9.69 Å². The Morgan fingerprint density at radius 1 is 1.21 bits per heavy atom. The fourth-order valence-electron chi connectivity index (χ4n) is 5.87. The van der Waals surface area contributed by atoms with Gasteiger partial charge in [-0.1, -0.05) is 12.1 Å². The van der Waals surface area contributed by atoms with E-state index in [-0.39, 0.29) is 24.9 Å². The Kier molecular flexibility index (Phi) is 5.59. The van der Waals surface area contributed by atoms with Crippen LogP contribution in [-0.4, -0.2) is 61.8 Å². The molecule has 2 saturated heterocycles. The van der Waals surface area contributed by atoms with Gasteiger partial charge in [0.25, 0.3) is 5.91 Å². The summed E-state index contributed by atoms with van der Waals surface area (Å²) >= 11 is 0. The minimum absolute atomic E-state index is 0.232. The number of aryl methyl sites for hydroxylation is 1. The molecule has 2 aromatic heterocycles. The van der Waals surface area contributed by atoms with Gasteiger partial charge < -0.3 is 14.6 Å². The molecule has 0 unspecified atom stereocenters. The molecule has 2 aliphatic heterocycles. The van der Waals surface area contributed by atoms with E-state index in [1.54, 1.807) is 11.6 Å². The zero-order chi connectivity index (χ0) is 25.9. The number of nitrogens with one attached hydrogen (secondary N) is 1. The van der Waals surface area contributed by atoms with Gasteiger partial charge >= 0.3 is 0 Å². The molecular weight excluding hydrogens is 485 g/mol. The van der Waals surface area contributed by atoms with Crippen LogP contribution >= 0.6 is 0 Å². The van der Waals surface area contributed by atoms with E-state index in [1.165, 1.54) is 25.6 Å². The van der Waals surface area contributed by atoms with Crippen LogP contribution in [0.15, 0.2) is 36.7 Å². The quantitative estimate of drug-likeness (QED) is 0.487. The molecule has 4 heterocycles. The summed E-state index contributed by atoms with van der Waals surface area (Å²) in [6.45, 7) is 3.43. The molecule has 1 aromatic carbocycles. The smallest absolute Gasteiger partial charge is 0.274 e. The number of nitrogens with zero attached hydrogens (tertiary/aromatic N) is 6. The van der Waals surface area contributed by atoms with E-state index in [1.807, 2.05) is 30.3 Å². The lowest BCUT2D eigenvalue weighted by atomic mass is 9.74. The molecule has 1 spiro atoms. The first kappa shape index (κ1) is 23.8. The van der Waals surface area contributed by atoms with Crippen LogP contribution in [0.3, 0.4) is 0 Å². The Hall–Kier alpha value is -3.24. The first-order chi connectivity index (χ1) is 18.4. The van der Waals surface area contributed by atoms with E-state index in [9.17, 15) is 4.79 Å². The van der Waals surface area contributed by atoms with E-state index >= 15 is 4.39 Å². The van der Waals surface area contributed by atoms with Gasteiger partial charge in [0.15, 0.2) is 12.0 Å². The lowest BCUT2D eigenvalue weighted by Gasteiger charge is -2.43. The number of anilines is 1. The minimum atomic E-state index is -1.39. The maximum absolute atomic E-state index is 15.8. The van der Waals surface area contributed by atoms with Gasteiger partial charge in [-0.05, 0) is 67.8 Å². The van der Waals surface area contributed by atoms with Gasteiger partial charge in [-0.15, -0.1) is 10.2 Å². The standard InChI is InChI=1S/C28H32FN7O2/c1-35-17-30-34-25(35)23(29)28(15-38-16-28)19-3-2-4-20(11-19)32-26(37)22-12-21(31-24(33-22)18-5-6-18)13-36-10-9-27(14-36)7-8-27/h2-4,11-12,17-18,23H,5-10,13-16H2,1H3,(H,32,37)/t23-/m0/s1. The number of likely N-dealkylation sites (tertiary alicyclic amines) is 1. The van der Waals surface area contributed by atoms with Crippen LogP contribution in [0.2, 0.25) is 0 Å². The molecule has 1 amide bonds. The van der Waals surface area contributed by atoms with Crippen molar-refractivity contribution in [1.29, 1.82) is 0 Å². The van der Waals surface area contributed by atoms with Crippen LogP contribution in [0.1, 0.15) is 77.6 Å². The van der Waals surface area contributed by atoms with Crippen molar-refractivity contribution >= 4 is 11.6 Å². The molecule has 2 aliphatic carbocycles. The van der Waals surface area contributed by atoms with Gasteiger partial charge in [0, 0.05) is 31.7 Å². The summed E-state index contributed by atoms with van der Waals surface area (Å²) in [6.07, 6.45) is 6.18. The highest BCUT2D eigenvalue weighted by Gasteiger charge is 2.50. The van der Waals surface area contributed by atoms with Gasteiger partial charge in [-0.2, -0.15) is 0 Å². The van der Waals surface area contributed by atoms with Crippen molar-refractivity contribution in [2.24, 2.45) is 12.5 Å². The first-order valence-electron chi connectivity index (χ1n) is 13.5. The average molecular weight is 518 g/mol. The number of ether oxygens (including phenoxy) is 1. The number of halogens is 1. The Labute approximate surface area is 220 Å². The average Bonchev–Trinajstić information content (AvgIpc) is 3.78. The van der Waals surface area contributed by atoms with Crippen LogP contribution in [0.4, 0.5) is 10.1 Å². The summed E-state index contributed by atoms with van der Waals surface area (Å²) in [5.74, 6) is 1.10. The van der Waals surface area contributed by atoms with Crippen LogP contribution in [0.5, 0.6) is 0 Å². The number of carbonyl (C=O) groups excluding carboxylic acids is 1. The molecule has 198 valence electrons. The van der Waals surface area contributed by atoms with Crippen LogP contribution < -0.4 is 5.32 Å². The highest BCUT2D eigenvalue weighted by molar-refractivity contribution is 6.03. The van der Waals surface area contributed by atoms with Crippen molar-refractivity contribution < 1.29 is 13.9 Å². The van der Waals surface area contributed by atoms with E-state index in [4.69, 9.17) is 9.72 Å². The predicted octanol–water partition coefficient (Wildman–Crippen LogP) is 3.70. The van der Waals surface area contributed by atoms with Gasteiger partial charge in [0.2, 0.25) is 0 Å². The van der Waals surface area contributed by atoms with Crippen molar-refractivity contribution in [1.82, 2.24) is 29.6 Å². The number of hydrogen-bond donors (Lipinski definition) is 1. The van der Waals surface area contributed by atoms with E-state index in [0.29, 0.717) is 22.7 Å². The molecule has 1 N–H and O–H groups in total. The molecule has 0 bridgehead atoms. The number of carbonyl (C=O) groups is 1. The molecule has 38 heavy (non-hydrogen) atoms. The van der Waals surface area contributed by atoms with E-state index < -0.39 is 11.6 Å². The van der Waals surface area contributed by atoms with Gasteiger partial charge in [-0.25, -0.2) is 14.4 Å². The van der Waals surface area contributed by atoms with Crippen molar-refractivity contribution in [3.63, 3.8) is 0 Å². The van der Waals surface area contributed by atoms with Gasteiger partial charge in [0.05, 0.1) is 24.3 Å². The second-order valence-corrected chi connectivity index (χ2v) is 11.7. The van der Waals surface area contributed by atoms with Crippen LogP contribution in [0.25, 0.3) is 0 Å². The Balaban J connectivity index is 1.11. The summed E-state index contributed by atoms with van der Waals surface area (Å²) < 4.78 is 22.8. The largest absolute Gasteiger partial charge is 0.379 e. The SMILES string of the molecule is Cn1cnnc1[C@H](F)C1(c2cccc(NC(=O)c3cc(CN4CCC5(CC5)C4)nc(C4CC4)n3)c2)COC1. The zero-order valence-electron chi connectivity index (χ0n) is 21.6. The number of rotatable bonds is 8. The molecule has 3 aromatic rings. The monoisotopic (exact) mass is 517 g/mol. The number of aromatic nitrogens is 5. The molecule has 0 radical (unpaired) electrons. The molecule has 1 atom stereocenters. The predicted molar refractivity (Wildman–Crippen MR) is 137 cm³/mol. The third-order valence-electron chi connectivity index (χ3n) is 8.70. The molecule has 7 rings (SSSR count). The summed E-state index contributed by atoms with van der Waals surface area (Å²) in [4.78, 5) is 25.3. The van der Waals surface area contributed by atoms with E-state index in [0.717, 1.165) is 49.6 Å². The van der Waals surface area contributed by atoms with Crippen molar-refractivity contribution in [2.45, 2.75) is 56.2 Å². The molecule has 9 nitrogen and oxygen atoms in total. The minimum Gasteiger partial charge on any atom is -0.379 e. The zero-order valence-corrected chi connectivity index (χ0v) is 21.6. The summed E-state index contributed by atoms with van der Waals surface area (Å²) in [5, 5.41) is 10.8. The normalized spacial score (nSPS) is 22.3. The summed E-state index contributed by atoms with van der Waals surface area (Å²) in [6, 6.07) is 9.17. The number of benzene rings is 1. The fraction of sp³-hybridized carbons (Fsp3) is 0.536. The maximum atomic E-state index is 15.8. The Morgan fingerprint density at radius 3 is 2.71 bits per heavy atom. The second kappa shape index (κ2) is 8.91. The van der Waals surface area contributed by atoms with Crippen molar-refractivity contribution in [3.8, 4) is 0 Å². The third-order valence-corrected chi connectivity index (χ3v) is 8.70. The third kappa shape index (κ3) is 4.29. The van der Waals surface area contributed by atoms with E-state index in [2.05, 4.69) is 25.4 Å². The molecule has 10 heteroatoms. The molecular formula is C28H32FN7O2. The highest BCUT2D eigenvalue weighted by atomic mass is 19.1. The lowest BCUT2D eigenvalue weighted by Crippen LogP contribution is -2.50. The van der Waals surface area contributed by atoms with Gasteiger partial charge in [0.1, 0.15) is 17.8 Å². The van der Waals surface area contributed by atoms with Crippen LogP contribution in [0, 0.1) is 5.41 Å². The number of hydrogen-bond acceptors (Lipinski definition) is 7. The highest BCUT2D eigenvalue weighted by Crippen LogP contribution is 2.53. The van der Waals surface area contributed by atoms with Crippen molar-refractivity contribution in [3.05, 3.63) is 65.3 Å². The molecule has 2 saturated carbocycles. The Bertz CT molecular complexity index is 1380. The first-order valence-corrected chi connectivity index (χ1v) is 13.5. The summed E-state index contributed by atoms with van der Waals surface area (Å²) in [7, 11) is 1.73. The van der Waals surface area contributed by atoms with Crippen molar-refractivity contribution in [2.75, 3.05) is 31.6 Å². The lowest BCUT2D eigenvalue weighted by molar-refractivity contribution is -0.102. The summed E-state index contributed by atoms with van der Waals surface area (Å²) in [5.41, 5.74) is 2.30. The van der Waals surface area contributed by atoms with Crippen LogP contribution in [-0.2, 0) is 23.7 Å². The maximum Gasteiger partial charge on any atom is 0.274 e. The topological polar surface area (TPSA) is 98.1 Å².